The second-order valence-electron chi connectivity index (χ2n) is 11.1. The zero-order valence-corrected chi connectivity index (χ0v) is 25.3. The zero-order chi connectivity index (χ0) is 30.7. The molecule has 0 radical (unpaired) electrons. The molecule has 2 aromatic carbocycles. The van der Waals surface area contributed by atoms with Crippen molar-refractivity contribution in [2.45, 2.75) is 45.1 Å². The van der Waals surface area contributed by atoms with Crippen LogP contribution >= 0.6 is 0 Å². The topological polar surface area (TPSA) is 150 Å². The van der Waals surface area contributed by atoms with Crippen LogP contribution in [0.1, 0.15) is 37.7 Å². The number of anilines is 2. The Morgan fingerprint density at radius 2 is 1.80 bits per heavy atom. The lowest BCUT2D eigenvalue weighted by Gasteiger charge is -2.31. The third-order valence-corrected chi connectivity index (χ3v) is 9.55. The first-order valence-electron chi connectivity index (χ1n) is 14.8. The van der Waals surface area contributed by atoms with Crippen LogP contribution in [0.3, 0.4) is 0 Å². The molecule has 4 aromatic rings. The summed E-state index contributed by atoms with van der Waals surface area (Å²) in [5, 5.41) is 14.1. The number of likely N-dealkylation sites (tertiary alicyclic amines) is 1. The monoisotopic (exact) mass is 617 g/mol. The number of nitrogens with zero attached hydrogens (tertiary/aromatic N) is 5. The van der Waals surface area contributed by atoms with Crippen molar-refractivity contribution < 1.29 is 23.1 Å². The number of carbonyl (C=O) groups is 1. The Morgan fingerprint density at radius 3 is 2.61 bits per heavy atom. The maximum absolute atomic E-state index is 13.2. The van der Waals surface area contributed by atoms with Crippen LogP contribution in [0.4, 0.5) is 16.4 Å². The molecule has 230 valence electrons. The Kier molecular flexibility index (Phi) is 8.49. The minimum Gasteiger partial charge on any atom is -0.465 e. The van der Waals surface area contributed by atoms with Gasteiger partial charge in [-0.2, -0.15) is 12.7 Å². The van der Waals surface area contributed by atoms with E-state index < -0.39 is 16.3 Å². The Balaban J connectivity index is 1.28. The van der Waals surface area contributed by atoms with Crippen molar-refractivity contribution in [1.29, 1.82) is 0 Å². The van der Waals surface area contributed by atoms with Crippen LogP contribution in [0.25, 0.3) is 22.0 Å². The second-order valence-corrected chi connectivity index (χ2v) is 12.8. The molecule has 0 spiro atoms. The molecular formula is C31H35N7O5S. The number of aryl methyl sites for hydroxylation is 1. The van der Waals surface area contributed by atoms with E-state index in [1.807, 2.05) is 31.2 Å². The van der Waals surface area contributed by atoms with Gasteiger partial charge < -0.3 is 20.1 Å². The predicted molar refractivity (Wildman–Crippen MR) is 168 cm³/mol. The number of benzene rings is 2. The SMILES string of the molecule is Cc1ccc2c(NS(=O)(=O)N3CCCCC3)cccc2c1Oc1ncccc1-c1ccnc(NC2CCCN(C(=O)O)C2)n1. The summed E-state index contributed by atoms with van der Waals surface area (Å²) in [6.45, 7) is 3.83. The molecule has 4 heterocycles. The molecule has 6 rings (SSSR count). The maximum atomic E-state index is 13.2. The van der Waals surface area contributed by atoms with Crippen LogP contribution in [0.15, 0.2) is 60.9 Å². The van der Waals surface area contributed by atoms with Gasteiger partial charge in [0.25, 0.3) is 0 Å². The molecule has 2 aliphatic rings. The number of nitrogens with one attached hydrogen (secondary N) is 2. The maximum Gasteiger partial charge on any atom is 0.407 e. The average Bonchev–Trinajstić information content (AvgIpc) is 3.03. The minimum absolute atomic E-state index is 0.0976. The highest BCUT2D eigenvalue weighted by Gasteiger charge is 2.26. The van der Waals surface area contributed by atoms with Crippen molar-refractivity contribution in [3.05, 3.63) is 66.5 Å². The fourth-order valence-electron chi connectivity index (χ4n) is 5.77. The van der Waals surface area contributed by atoms with E-state index >= 15 is 0 Å². The van der Waals surface area contributed by atoms with E-state index in [1.54, 1.807) is 36.7 Å². The Bertz CT molecular complexity index is 1780. The van der Waals surface area contributed by atoms with Crippen LogP contribution in [0, 0.1) is 6.92 Å². The van der Waals surface area contributed by atoms with Gasteiger partial charge in [-0.1, -0.05) is 30.7 Å². The fraction of sp³-hybridized carbons (Fsp3) is 0.355. The molecule has 0 saturated carbocycles. The van der Waals surface area contributed by atoms with Gasteiger partial charge >= 0.3 is 16.3 Å². The Labute approximate surface area is 256 Å². The molecule has 1 unspecified atom stereocenters. The van der Waals surface area contributed by atoms with E-state index in [0.29, 0.717) is 66.1 Å². The minimum atomic E-state index is -3.70. The number of aromatic nitrogens is 3. The van der Waals surface area contributed by atoms with E-state index in [2.05, 4.69) is 20.0 Å². The summed E-state index contributed by atoms with van der Waals surface area (Å²) < 4.78 is 37.1. The first kappa shape index (κ1) is 29.6. The third kappa shape index (κ3) is 6.38. The standard InChI is InChI=1S/C31H35N7O5S/c1-21-12-13-23-24(9-5-11-27(23)36-44(41,42)38-18-3-2-4-19-38)28(21)43-29-25(10-6-15-32-29)26-14-16-33-30(35-26)34-22-8-7-17-37(20-22)31(39)40/h5-6,9-16,22,36H,2-4,7-8,17-20H2,1H3,(H,39,40)(H,33,34,35). The molecule has 2 saturated heterocycles. The third-order valence-electron chi connectivity index (χ3n) is 8.03. The van der Waals surface area contributed by atoms with E-state index in [-0.39, 0.29) is 6.04 Å². The van der Waals surface area contributed by atoms with Crippen LogP contribution in [0.5, 0.6) is 11.6 Å². The Morgan fingerprint density at radius 1 is 0.955 bits per heavy atom. The molecule has 0 bridgehead atoms. The van der Waals surface area contributed by atoms with Gasteiger partial charge in [0.15, 0.2) is 0 Å². The van der Waals surface area contributed by atoms with Gasteiger partial charge in [0, 0.05) is 55.4 Å². The number of piperidine rings is 2. The van der Waals surface area contributed by atoms with Gasteiger partial charge in [-0.15, -0.1) is 0 Å². The Hall–Kier alpha value is -4.49. The molecule has 1 amide bonds. The normalized spacial score (nSPS) is 17.8. The number of hydrogen-bond acceptors (Lipinski definition) is 8. The lowest BCUT2D eigenvalue weighted by molar-refractivity contribution is 0.132. The number of carboxylic acid groups (broad SMARTS) is 1. The summed E-state index contributed by atoms with van der Waals surface area (Å²) in [6, 6.07) is 14.6. The van der Waals surface area contributed by atoms with E-state index in [9.17, 15) is 18.3 Å². The number of rotatable bonds is 8. The van der Waals surface area contributed by atoms with Crippen molar-refractivity contribution >= 4 is 38.7 Å². The van der Waals surface area contributed by atoms with Crippen molar-refractivity contribution in [1.82, 2.24) is 24.2 Å². The van der Waals surface area contributed by atoms with E-state index in [1.165, 1.54) is 9.21 Å². The molecular weight excluding hydrogens is 582 g/mol. The number of amides is 1. The van der Waals surface area contributed by atoms with Gasteiger partial charge in [0.05, 0.1) is 16.9 Å². The van der Waals surface area contributed by atoms with Crippen molar-refractivity contribution in [3.8, 4) is 22.9 Å². The fourth-order valence-corrected chi connectivity index (χ4v) is 7.09. The quantitative estimate of drug-likeness (QED) is 0.233. The highest BCUT2D eigenvalue weighted by molar-refractivity contribution is 7.90. The summed E-state index contributed by atoms with van der Waals surface area (Å²) in [5.41, 5.74) is 2.57. The zero-order valence-electron chi connectivity index (χ0n) is 24.4. The lowest BCUT2D eigenvalue weighted by atomic mass is 10.0. The van der Waals surface area contributed by atoms with Crippen LogP contribution < -0.4 is 14.8 Å². The first-order valence-corrected chi connectivity index (χ1v) is 16.2. The molecule has 2 aliphatic heterocycles. The molecule has 12 nitrogen and oxygen atoms in total. The first-order chi connectivity index (χ1) is 21.3. The molecule has 2 fully saturated rings. The molecule has 2 aromatic heterocycles. The van der Waals surface area contributed by atoms with Gasteiger partial charge in [-0.05, 0) is 62.4 Å². The van der Waals surface area contributed by atoms with E-state index in [4.69, 9.17) is 9.72 Å². The predicted octanol–water partition coefficient (Wildman–Crippen LogP) is 5.49. The van der Waals surface area contributed by atoms with Gasteiger partial charge in [-0.3, -0.25) is 4.72 Å². The largest absolute Gasteiger partial charge is 0.465 e. The van der Waals surface area contributed by atoms with E-state index in [0.717, 1.165) is 43.1 Å². The number of ether oxygens (including phenoxy) is 1. The van der Waals surface area contributed by atoms with Gasteiger partial charge in [0.2, 0.25) is 11.8 Å². The van der Waals surface area contributed by atoms with Gasteiger partial charge in [0.1, 0.15) is 5.75 Å². The second kappa shape index (κ2) is 12.6. The molecule has 1 atom stereocenters. The molecule has 3 N–H and O–H groups in total. The molecule has 13 heteroatoms. The summed E-state index contributed by atoms with van der Waals surface area (Å²) in [4.78, 5) is 26.4. The molecule has 44 heavy (non-hydrogen) atoms. The van der Waals surface area contributed by atoms with Crippen LogP contribution in [0.2, 0.25) is 0 Å². The smallest absolute Gasteiger partial charge is 0.407 e. The van der Waals surface area contributed by atoms with Crippen molar-refractivity contribution in [2.75, 3.05) is 36.2 Å². The molecule has 0 aliphatic carbocycles. The average molecular weight is 618 g/mol. The number of hydrogen-bond donors (Lipinski definition) is 3. The highest BCUT2D eigenvalue weighted by Crippen LogP contribution is 2.39. The lowest BCUT2D eigenvalue weighted by Crippen LogP contribution is -2.44. The summed E-state index contributed by atoms with van der Waals surface area (Å²) in [6.07, 6.45) is 6.67. The summed E-state index contributed by atoms with van der Waals surface area (Å²) in [5.74, 6) is 1.29. The van der Waals surface area contributed by atoms with Crippen molar-refractivity contribution in [2.24, 2.45) is 0 Å². The highest BCUT2D eigenvalue weighted by atomic mass is 32.2. The van der Waals surface area contributed by atoms with Crippen LogP contribution in [-0.4, -0.2) is 76.0 Å². The number of pyridine rings is 1. The summed E-state index contributed by atoms with van der Waals surface area (Å²) in [7, 11) is -3.70. The summed E-state index contributed by atoms with van der Waals surface area (Å²) >= 11 is 0. The van der Waals surface area contributed by atoms with Crippen molar-refractivity contribution in [3.63, 3.8) is 0 Å². The number of fused-ring (bicyclic) bond motifs is 1. The van der Waals surface area contributed by atoms with Crippen LogP contribution in [-0.2, 0) is 10.2 Å². The van der Waals surface area contributed by atoms with Gasteiger partial charge in [-0.25, -0.2) is 19.7 Å².